The molecule has 0 saturated carbocycles. The lowest BCUT2D eigenvalue weighted by atomic mass is 9.90. The van der Waals surface area contributed by atoms with Gasteiger partial charge in [0.15, 0.2) is 0 Å². The first kappa shape index (κ1) is 11.0. The first-order chi connectivity index (χ1) is 7.72. The molecular formula is C13H17NO2. The van der Waals surface area contributed by atoms with Gasteiger partial charge >= 0.3 is 0 Å². The fourth-order valence-electron chi connectivity index (χ4n) is 2.09. The summed E-state index contributed by atoms with van der Waals surface area (Å²) in [4.78, 5) is 12.7. The summed E-state index contributed by atoms with van der Waals surface area (Å²) in [5, 5.41) is 0. The van der Waals surface area contributed by atoms with Gasteiger partial charge in [0, 0.05) is 32.3 Å². The van der Waals surface area contributed by atoms with E-state index in [1.54, 1.807) is 0 Å². The Kier molecular flexibility index (Phi) is 3.13. The minimum Gasteiger partial charge on any atom is -0.493 e. The van der Waals surface area contributed by atoms with Crippen molar-refractivity contribution >= 4 is 12.0 Å². The Morgan fingerprint density at radius 2 is 2.31 bits per heavy atom. The zero-order chi connectivity index (χ0) is 11.5. The Morgan fingerprint density at radius 3 is 3.00 bits per heavy atom. The van der Waals surface area contributed by atoms with Crippen LogP contribution in [0.4, 0.5) is 5.69 Å². The van der Waals surface area contributed by atoms with E-state index in [2.05, 4.69) is 12.1 Å². The van der Waals surface area contributed by atoms with Crippen molar-refractivity contribution in [1.82, 2.24) is 0 Å². The molecular weight excluding hydrogens is 202 g/mol. The molecule has 0 amide bonds. The number of fused-ring (bicyclic) bond motifs is 1. The van der Waals surface area contributed by atoms with Gasteiger partial charge in [-0.3, -0.25) is 0 Å². The third kappa shape index (κ3) is 2.03. The van der Waals surface area contributed by atoms with Crippen molar-refractivity contribution in [1.29, 1.82) is 0 Å². The number of nitrogens with zero attached hydrogens (tertiary/aromatic N) is 1. The highest BCUT2D eigenvalue weighted by Crippen LogP contribution is 2.37. The van der Waals surface area contributed by atoms with Crippen LogP contribution in [0.3, 0.4) is 0 Å². The molecule has 1 heterocycles. The van der Waals surface area contributed by atoms with Crippen LogP contribution in [0.15, 0.2) is 18.2 Å². The van der Waals surface area contributed by atoms with Crippen LogP contribution in [-0.4, -0.2) is 27.0 Å². The number of benzene rings is 1. The number of hydrogen-bond donors (Lipinski definition) is 0. The lowest BCUT2D eigenvalue weighted by Gasteiger charge is -2.26. The normalized spacial score (nSPS) is 18.5. The third-order valence-corrected chi connectivity index (χ3v) is 3.06. The van der Waals surface area contributed by atoms with Gasteiger partial charge in [0.1, 0.15) is 12.0 Å². The maximum atomic E-state index is 10.6. The zero-order valence-corrected chi connectivity index (χ0v) is 9.77. The highest BCUT2D eigenvalue weighted by molar-refractivity contribution is 5.57. The molecule has 0 bridgehead atoms. The van der Waals surface area contributed by atoms with Crippen LogP contribution in [0.5, 0.6) is 5.75 Å². The first-order valence-electron chi connectivity index (χ1n) is 5.60. The van der Waals surface area contributed by atoms with Gasteiger partial charge in [0.25, 0.3) is 0 Å². The van der Waals surface area contributed by atoms with Crippen LogP contribution in [0, 0.1) is 0 Å². The summed E-state index contributed by atoms with van der Waals surface area (Å²) in [5.74, 6) is 1.27. The monoisotopic (exact) mass is 219 g/mol. The maximum absolute atomic E-state index is 10.6. The molecule has 0 saturated heterocycles. The number of hydrogen-bond acceptors (Lipinski definition) is 3. The summed E-state index contributed by atoms with van der Waals surface area (Å²) in [6, 6.07) is 6.20. The average Bonchev–Trinajstić information content (AvgIpc) is 2.29. The molecule has 1 aromatic carbocycles. The molecule has 16 heavy (non-hydrogen) atoms. The SMILES string of the molecule is CN(C)c1ccc2c(c1)OCC[C@@H]2CC=O. The molecule has 0 unspecified atom stereocenters. The molecule has 86 valence electrons. The Bertz CT molecular complexity index is 388. The van der Waals surface area contributed by atoms with E-state index in [-0.39, 0.29) is 0 Å². The van der Waals surface area contributed by atoms with Crippen LogP contribution in [0.1, 0.15) is 24.3 Å². The molecule has 3 nitrogen and oxygen atoms in total. The Labute approximate surface area is 96.0 Å². The second-order valence-electron chi connectivity index (χ2n) is 4.35. The second-order valence-corrected chi connectivity index (χ2v) is 4.35. The Morgan fingerprint density at radius 1 is 1.50 bits per heavy atom. The van der Waals surface area contributed by atoms with E-state index in [0.29, 0.717) is 18.9 Å². The summed E-state index contributed by atoms with van der Waals surface area (Å²) in [5.41, 5.74) is 2.30. The van der Waals surface area contributed by atoms with Crippen LogP contribution in [0.25, 0.3) is 0 Å². The van der Waals surface area contributed by atoms with E-state index < -0.39 is 0 Å². The molecule has 0 aliphatic carbocycles. The zero-order valence-electron chi connectivity index (χ0n) is 9.77. The minimum absolute atomic E-state index is 0.331. The number of ether oxygens (including phenoxy) is 1. The summed E-state index contributed by atoms with van der Waals surface area (Å²) in [6.07, 6.45) is 2.53. The smallest absolute Gasteiger partial charge is 0.124 e. The molecule has 0 aromatic heterocycles. The van der Waals surface area contributed by atoms with E-state index in [4.69, 9.17) is 4.74 Å². The number of anilines is 1. The molecule has 3 heteroatoms. The highest BCUT2D eigenvalue weighted by atomic mass is 16.5. The predicted octanol–water partition coefficient (Wildman–Crippen LogP) is 2.21. The fourth-order valence-corrected chi connectivity index (χ4v) is 2.09. The molecule has 0 spiro atoms. The second kappa shape index (κ2) is 4.56. The van der Waals surface area contributed by atoms with Crippen molar-refractivity contribution in [3.8, 4) is 5.75 Å². The summed E-state index contributed by atoms with van der Waals surface area (Å²) >= 11 is 0. The van der Waals surface area contributed by atoms with E-state index >= 15 is 0 Å². The molecule has 1 aromatic rings. The number of carbonyl (C=O) groups is 1. The summed E-state index contributed by atoms with van der Waals surface area (Å²) in [7, 11) is 4.01. The van der Waals surface area contributed by atoms with Gasteiger partial charge in [-0.2, -0.15) is 0 Å². The van der Waals surface area contributed by atoms with Crippen LogP contribution < -0.4 is 9.64 Å². The fraction of sp³-hybridized carbons (Fsp3) is 0.462. The number of carbonyl (C=O) groups excluding carboxylic acids is 1. The number of rotatable bonds is 3. The van der Waals surface area contributed by atoms with E-state index in [1.165, 1.54) is 5.56 Å². The molecule has 1 aliphatic heterocycles. The van der Waals surface area contributed by atoms with Crippen molar-refractivity contribution < 1.29 is 9.53 Å². The highest BCUT2D eigenvalue weighted by Gasteiger charge is 2.21. The van der Waals surface area contributed by atoms with E-state index in [1.807, 2.05) is 25.1 Å². The molecule has 0 fully saturated rings. The van der Waals surface area contributed by atoms with Gasteiger partial charge in [0.05, 0.1) is 6.61 Å². The van der Waals surface area contributed by atoms with Gasteiger partial charge in [-0.05, 0) is 24.0 Å². The van der Waals surface area contributed by atoms with Gasteiger partial charge in [0.2, 0.25) is 0 Å². The summed E-state index contributed by atoms with van der Waals surface area (Å²) in [6.45, 7) is 0.711. The van der Waals surface area contributed by atoms with Crippen molar-refractivity contribution in [2.24, 2.45) is 0 Å². The first-order valence-corrected chi connectivity index (χ1v) is 5.60. The molecule has 1 aliphatic rings. The van der Waals surface area contributed by atoms with E-state index in [9.17, 15) is 4.79 Å². The van der Waals surface area contributed by atoms with Gasteiger partial charge in [-0.15, -0.1) is 0 Å². The van der Waals surface area contributed by atoms with Gasteiger partial charge in [-0.1, -0.05) is 6.07 Å². The molecule has 1 atom stereocenters. The van der Waals surface area contributed by atoms with Crippen molar-refractivity contribution in [3.05, 3.63) is 23.8 Å². The lowest BCUT2D eigenvalue weighted by Crippen LogP contribution is -2.16. The lowest BCUT2D eigenvalue weighted by molar-refractivity contribution is -0.108. The molecule has 0 radical (unpaired) electrons. The standard InChI is InChI=1S/C13H17NO2/c1-14(2)11-3-4-12-10(5-7-15)6-8-16-13(12)9-11/h3-4,7,9-10H,5-6,8H2,1-2H3/t10-/m0/s1. The van der Waals surface area contributed by atoms with Gasteiger partial charge in [-0.25, -0.2) is 0 Å². The van der Waals surface area contributed by atoms with Crippen LogP contribution >= 0.6 is 0 Å². The quantitative estimate of drug-likeness (QED) is 0.730. The van der Waals surface area contributed by atoms with Crippen molar-refractivity contribution in [3.63, 3.8) is 0 Å². The van der Waals surface area contributed by atoms with Gasteiger partial charge < -0.3 is 14.4 Å². The molecule has 0 N–H and O–H groups in total. The predicted molar refractivity (Wildman–Crippen MR) is 64.3 cm³/mol. The van der Waals surface area contributed by atoms with Crippen molar-refractivity contribution in [2.45, 2.75) is 18.8 Å². The van der Waals surface area contributed by atoms with Crippen LogP contribution in [-0.2, 0) is 4.79 Å². The van der Waals surface area contributed by atoms with Crippen molar-refractivity contribution in [2.75, 3.05) is 25.6 Å². The third-order valence-electron chi connectivity index (χ3n) is 3.06. The maximum Gasteiger partial charge on any atom is 0.124 e. The summed E-state index contributed by atoms with van der Waals surface area (Å²) < 4.78 is 5.65. The minimum atomic E-state index is 0.331. The van der Waals surface area contributed by atoms with Crippen LogP contribution in [0.2, 0.25) is 0 Å². The molecule has 2 rings (SSSR count). The number of aldehydes is 1. The average molecular weight is 219 g/mol. The van der Waals surface area contributed by atoms with E-state index in [0.717, 1.165) is 24.1 Å². The topological polar surface area (TPSA) is 29.5 Å². The largest absolute Gasteiger partial charge is 0.493 e. The Balaban J connectivity index is 2.32. The Hall–Kier alpha value is -1.51.